The summed E-state index contributed by atoms with van der Waals surface area (Å²) in [4.78, 5) is 18.0. The first-order valence-corrected chi connectivity index (χ1v) is 9.03. The van der Waals surface area contributed by atoms with E-state index in [2.05, 4.69) is 20.4 Å². The number of nitrogens with zero attached hydrogens (tertiary/aromatic N) is 4. The van der Waals surface area contributed by atoms with Gasteiger partial charge >= 0.3 is 6.18 Å². The van der Waals surface area contributed by atoms with Crippen molar-refractivity contribution in [3.8, 4) is 5.75 Å². The maximum Gasteiger partial charge on any atom is 0.419 e. The average molecular weight is 397 g/mol. The SMILES string of the molecule is O=c1[nH]nnc2nc(N3CCC(Oc4ccccc4C(F)(F)F)CC3)sc12. The van der Waals surface area contributed by atoms with E-state index in [0.717, 1.165) is 6.07 Å². The molecule has 1 saturated heterocycles. The Bertz CT molecular complexity index is 1010. The minimum absolute atomic E-state index is 0.148. The van der Waals surface area contributed by atoms with Crippen LogP contribution >= 0.6 is 11.3 Å². The summed E-state index contributed by atoms with van der Waals surface area (Å²) in [5.41, 5.74) is -0.821. The summed E-state index contributed by atoms with van der Waals surface area (Å²) >= 11 is 1.22. The van der Waals surface area contributed by atoms with Crippen LogP contribution in [-0.2, 0) is 6.18 Å². The van der Waals surface area contributed by atoms with Gasteiger partial charge in [-0.3, -0.25) is 4.79 Å². The molecule has 11 heteroatoms. The summed E-state index contributed by atoms with van der Waals surface area (Å²) in [6, 6.07) is 5.23. The molecule has 1 fully saturated rings. The van der Waals surface area contributed by atoms with Crippen LogP contribution in [0.3, 0.4) is 0 Å². The molecule has 7 nitrogen and oxygen atoms in total. The van der Waals surface area contributed by atoms with Gasteiger partial charge in [-0.1, -0.05) is 28.7 Å². The molecule has 0 atom stereocenters. The quantitative estimate of drug-likeness (QED) is 0.732. The normalized spacial score (nSPS) is 16.0. The second-order valence-electron chi connectivity index (χ2n) is 6.09. The molecule has 1 aliphatic heterocycles. The van der Waals surface area contributed by atoms with Gasteiger partial charge in [0.25, 0.3) is 5.56 Å². The van der Waals surface area contributed by atoms with Gasteiger partial charge in [0.05, 0.1) is 5.56 Å². The first-order chi connectivity index (χ1) is 12.9. The van der Waals surface area contributed by atoms with E-state index in [0.29, 0.717) is 35.8 Å². The van der Waals surface area contributed by atoms with Gasteiger partial charge in [-0.2, -0.15) is 18.2 Å². The summed E-state index contributed by atoms with van der Waals surface area (Å²) in [5.74, 6) is -0.148. The van der Waals surface area contributed by atoms with Crippen molar-refractivity contribution in [2.45, 2.75) is 25.1 Å². The Morgan fingerprint density at radius 3 is 2.67 bits per heavy atom. The zero-order valence-corrected chi connectivity index (χ0v) is 14.7. The van der Waals surface area contributed by atoms with Crippen molar-refractivity contribution in [3.63, 3.8) is 0 Å². The molecule has 4 rings (SSSR count). The first kappa shape index (κ1) is 17.7. The Hall–Kier alpha value is -2.69. The molecule has 1 N–H and O–H groups in total. The summed E-state index contributed by atoms with van der Waals surface area (Å²) in [6.45, 7) is 1.12. The highest BCUT2D eigenvalue weighted by Crippen LogP contribution is 2.37. The molecule has 142 valence electrons. The molecule has 0 unspecified atom stereocenters. The lowest BCUT2D eigenvalue weighted by atomic mass is 10.1. The van der Waals surface area contributed by atoms with Crippen LogP contribution in [0.4, 0.5) is 18.3 Å². The van der Waals surface area contributed by atoms with Crippen LogP contribution in [0.1, 0.15) is 18.4 Å². The number of alkyl halides is 3. The number of nitrogens with one attached hydrogen (secondary N) is 1. The smallest absolute Gasteiger partial charge is 0.419 e. The van der Waals surface area contributed by atoms with Gasteiger partial charge in [0, 0.05) is 25.9 Å². The number of ether oxygens (including phenoxy) is 1. The van der Waals surface area contributed by atoms with E-state index in [-0.39, 0.29) is 23.1 Å². The standard InChI is InChI=1S/C16H14F3N5O2S/c17-16(18,19)10-3-1-2-4-11(10)26-9-5-7-24(8-6-9)15-20-13-12(27-15)14(25)22-23-21-13/h1-4,9H,5-8H2,(H,21,22,25). The number of halogens is 3. The molecule has 0 radical (unpaired) electrons. The molecule has 3 aromatic rings. The second kappa shape index (κ2) is 6.80. The number of para-hydroxylation sites is 1. The number of hydrogen-bond acceptors (Lipinski definition) is 7. The summed E-state index contributed by atoms with van der Waals surface area (Å²) in [6.07, 6.45) is -3.68. The molecule has 1 aliphatic rings. The molecule has 0 amide bonds. The van der Waals surface area contributed by atoms with Gasteiger partial charge in [-0.15, -0.1) is 5.10 Å². The summed E-state index contributed by atoms with van der Waals surface area (Å²) in [5, 5.41) is 10.2. The van der Waals surface area contributed by atoms with Crippen LogP contribution < -0.4 is 15.2 Å². The van der Waals surface area contributed by atoms with Crippen LogP contribution in [0.2, 0.25) is 0 Å². The van der Waals surface area contributed by atoms with E-state index in [4.69, 9.17) is 4.74 Å². The van der Waals surface area contributed by atoms with Crippen LogP contribution in [0.15, 0.2) is 29.1 Å². The average Bonchev–Trinajstić information content (AvgIpc) is 3.08. The maximum absolute atomic E-state index is 13.1. The van der Waals surface area contributed by atoms with Gasteiger partial charge in [-0.25, -0.2) is 5.10 Å². The highest BCUT2D eigenvalue weighted by atomic mass is 32.1. The fourth-order valence-corrected chi connectivity index (χ4v) is 3.91. The lowest BCUT2D eigenvalue weighted by Gasteiger charge is -2.32. The number of fused-ring (bicyclic) bond motifs is 1. The van der Waals surface area contributed by atoms with Crippen molar-refractivity contribution in [2.24, 2.45) is 0 Å². The third-order valence-electron chi connectivity index (χ3n) is 4.30. The number of hydrogen-bond donors (Lipinski definition) is 1. The lowest BCUT2D eigenvalue weighted by Crippen LogP contribution is -2.38. The van der Waals surface area contributed by atoms with Crippen molar-refractivity contribution < 1.29 is 17.9 Å². The fourth-order valence-electron chi connectivity index (χ4n) is 2.97. The molecular formula is C16H14F3N5O2S. The Morgan fingerprint density at radius 2 is 1.96 bits per heavy atom. The van der Waals surface area contributed by atoms with Gasteiger partial charge in [0.2, 0.25) is 5.65 Å². The number of piperidine rings is 1. The van der Waals surface area contributed by atoms with Gasteiger partial charge in [0.15, 0.2) is 5.13 Å². The molecule has 2 aromatic heterocycles. The fraction of sp³-hybridized carbons (Fsp3) is 0.375. The van der Waals surface area contributed by atoms with Crippen LogP contribution in [0, 0.1) is 0 Å². The molecule has 0 saturated carbocycles. The highest BCUT2D eigenvalue weighted by Gasteiger charge is 2.35. The molecule has 27 heavy (non-hydrogen) atoms. The number of rotatable bonds is 3. The third-order valence-corrected chi connectivity index (χ3v) is 5.40. The van der Waals surface area contributed by atoms with E-state index in [1.807, 2.05) is 4.90 Å². The van der Waals surface area contributed by atoms with Crippen molar-refractivity contribution in [2.75, 3.05) is 18.0 Å². The Morgan fingerprint density at radius 1 is 1.22 bits per heavy atom. The van der Waals surface area contributed by atoms with Crippen molar-refractivity contribution >= 4 is 26.8 Å². The second-order valence-corrected chi connectivity index (χ2v) is 7.07. The summed E-state index contributed by atoms with van der Waals surface area (Å²) in [7, 11) is 0. The number of aromatic amines is 1. The molecule has 0 bridgehead atoms. The van der Waals surface area contributed by atoms with E-state index in [9.17, 15) is 18.0 Å². The Labute approximate surface area is 154 Å². The number of thiazole rings is 1. The molecule has 0 aliphatic carbocycles. The maximum atomic E-state index is 13.1. The Kier molecular flexibility index (Phi) is 4.46. The number of aromatic nitrogens is 4. The third kappa shape index (κ3) is 3.59. The van der Waals surface area contributed by atoms with Crippen LogP contribution in [0.5, 0.6) is 5.75 Å². The monoisotopic (exact) mass is 397 g/mol. The van der Waals surface area contributed by atoms with Gasteiger partial charge in [0.1, 0.15) is 16.6 Å². The Balaban J connectivity index is 1.45. The molecular weight excluding hydrogens is 383 g/mol. The van der Waals surface area contributed by atoms with E-state index in [1.165, 1.54) is 29.5 Å². The van der Waals surface area contributed by atoms with E-state index < -0.39 is 11.7 Å². The van der Waals surface area contributed by atoms with E-state index in [1.54, 1.807) is 0 Å². The van der Waals surface area contributed by atoms with Gasteiger partial charge < -0.3 is 9.64 Å². The predicted octanol–water partition coefficient (Wildman–Crippen LogP) is 2.84. The highest BCUT2D eigenvalue weighted by molar-refractivity contribution is 7.22. The topological polar surface area (TPSA) is 84.0 Å². The number of H-pyrrole nitrogens is 1. The molecule has 3 heterocycles. The minimum atomic E-state index is -4.45. The largest absolute Gasteiger partial charge is 0.490 e. The zero-order chi connectivity index (χ0) is 19.0. The van der Waals surface area contributed by atoms with Crippen LogP contribution in [0.25, 0.3) is 10.3 Å². The van der Waals surface area contributed by atoms with Gasteiger partial charge in [-0.05, 0) is 12.1 Å². The zero-order valence-electron chi connectivity index (χ0n) is 13.9. The van der Waals surface area contributed by atoms with Crippen molar-refractivity contribution in [3.05, 3.63) is 40.2 Å². The van der Waals surface area contributed by atoms with Crippen molar-refractivity contribution in [1.29, 1.82) is 0 Å². The van der Waals surface area contributed by atoms with Crippen molar-refractivity contribution in [1.82, 2.24) is 20.4 Å². The number of benzene rings is 1. The minimum Gasteiger partial charge on any atom is -0.490 e. The number of anilines is 1. The van der Waals surface area contributed by atoms with Crippen LogP contribution in [-0.4, -0.2) is 39.6 Å². The summed E-state index contributed by atoms with van der Waals surface area (Å²) < 4.78 is 45.3. The molecule has 1 aromatic carbocycles. The molecule has 0 spiro atoms. The first-order valence-electron chi connectivity index (χ1n) is 8.21. The lowest BCUT2D eigenvalue weighted by molar-refractivity contribution is -0.139. The predicted molar refractivity (Wildman–Crippen MR) is 93.1 cm³/mol. The van der Waals surface area contributed by atoms with E-state index >= 15 is 0 Å².